The number of nitrogens with one attached hydrogen (secondary N) is 2. The molecule has 1 fully saturated rings. The van der Waals surface area contributed by atoms with Crippen LogP contribution in [0.5, 0.6) is 0 Å². The molecule has 0 radical (unpaired) electrons. The van der Waals surface area contributed by atoms with Crippen LogP contribution in [0.25, 0.3) is 0 Å². The normalized spacial score (nSPS) is 17.5. The van der Waals surface area contributed by atoms with Crippen molar-refractivity contribution in [3.05, 3.63) is 18.3 Å². The second kappa shape index (κ2) is 7.09. The van der Waals surface area contributed by atoms with Crippen LogP contribution < -0.4 is 10.0 Å². The summed E-state index contributed by atoms with van der Waals surface area (Å²) in [6, 6.07) is 4.05. The molecule has 1 aliphatic carbocycles. The summed E-state index contributed by atoms with van der Waals surface area (Å²) in [7, 11) is -0.543. The lowest BCUT2D eigenvalue weighted by molar-refractivity contribution is 0.526. The summed E-state index contributed by atoms with van der Waals surface area (Å²) in [4.78, 5) is 4.16. The molecular formula is C14H24N4O2S. The molecule has 21 heavy (non-hydrogen) atoms. The van der Waals surface area contributed by atoms with Gasteiger partial charge in [-0.2, -0.15) is 12.7 Å². The fourth-order valence-corrected chi connectivity index (χ4v) is 2.99. The van der Waals surface area contributed by atoms with Crippen LogP contribution in [0.1, 0.15) is 38.5 Å². The summed E-state index contributed by atoms with van der Waals surface area (Å²) in [5, 5.41) is 3.48. The third-order valence-electron chi connectivity index (χ3n) is 3.70. The van der Waals surface area contributed by atoms with Crippen molar-refractivity contribution in [2.45, 2.75) is 44.6 Å². The molecule has 0 unspecified atom stereocenters. The maximum absolute atomic E-state index is 11.7. The van der Waals surface area contributed by atoms with Gasteiger partial charge < -0.3 is 5.32 Å². The molecule has 1 heterocycles. The summed E-state index contributed by atoms with van der Waals surface area (Å²) in [6.45, 7) is 0. The second-order valence-electron chi connectivity index (χ2n) is 5.65. The number of anilines is 2. The molecule has 0 aliphatic heterocycles. The smallest absolute Gasteiger partial charge is 0.302 e. The Morgan fingerprint density at radius 3 is 2.33 bits per heavy atom. The molecule has 0 saturated heterocycles. The fourth-order valence-electron chi connectivity index (χ4n) is 2.42. The van der Waals surface area contributed by atoms with E-state index in [-0.39, 0.29) is 0 Å². The molecular weight excluding hydrogens is 288 g/mol. The molecule has 0 amide bonds. The van der Waals surface area contributed by atoms with Crippen LogP contribution in [0, 0.1) is 0 Å². The van der Waals surface area contributed by atoms with E-state index in [0.717, 1.165) is 9.99 Å². The van der Waals surface area contributed by atoms with Gasteiger partial charge in [-0.05, 0) is 25.0 Å². The second-order valence-corrected chi connectivity index (χ2v) is 7.54. The van der Waals surface area contributed by atoms with Crippen LogP contribution in [0.4, 0.5) is 11.5 Å². The minimum Gasteiger partial charge on any atom is -0.381 e. The van der Waals surface area contributed by atoms with Gasteiger partial charge in [0.05, 0.1) is 11.9 Å². The Labute approximate surface area is 127 Å². The standard InChI is InChI=1S/C14H24N4O2S/c1-18(2)21(19,20)17-14-10-9-13(11-15-14)16-12-7-5-3-4-6-8-12/h9-12,16H,3-8H2,1-2H3,(H,15,17). The van der Waals surface area contributed by atoms with Gasteiger partial charge in [0.15, 0.2) is 0 Å². The van der Waals surface area contributed by atoms with E-state index in [2.05, 4.69) is 15.0 Å². The van der Waals surface area contributed by atoms with Gasteiger partial charge in [0.2, 0.25) is 0 Å². The fraction of sp³-hybridized carbons (Fsp3) is 0.643. The largest absolute Gasteiger partial charge is 0.381 e. The molecule has 0 aromatic carbocycles. The molecule has 0 bridgehead atoms. The van der Waals surface area contributed by atoms with E-state index < -0.39 is 10.2 Å². The Hall–Kier alpha value is -1.34. The zero-order valence-electron chi connectivity index (χ0n) is 12.7. The first-order valence-corrected chi connectivity index (χ1v) is 8.84. The molecule has 2 rings (SSSR count). The highest BCUT2D eigenvalue weighted by molar-refractivity contribution is 7.90. The molecule has 2 N–H and O–H groups in total. The van der Waals surface area contributed by atoms with Crippen molar-refractivity contribution in [2.24, 2.45) is 0 Å². The first-order chi connectivity index (χ1) is 9.97. The Balaban J connectivity index is 1.95. The quantitative estimate of drug-likeness (QED) is 0.819. The maximum atomic E-state index is 11.7. The highest BCUT2D eigenvalue weighted by Gasteiger charge is 2.14. The topological polar surface area (TPSA) is 74.3 Å². The Morgan fingerprint density at radius 2 is 1.81 bits per heavy atom. The molecule has 7 heteroatoms. The molecule has 118 valence electrons. The van der Waals surface area contributed by atoms with E-state index >= 15 is 0 Å². The Bertz CT molecular complexity index is 535. The summed E-state index contributed by atoms with van der Waals surface area (Å²) >= 11 is 0. The van der Waals surface area contributed by atoms with Gasteiger partial charge in [0, 0.05) is 20.1 Å². The zero-order chi connectivity index (χ0) is 15.3. The van der Waals surface area contributed by atoms with Crippen LogP contribution in [0.3, 0.4) is 0 Å². The summed E-state index contributed by atoms with van der Waals surface area (Å²) in [6.07, 6.45) is 9.24. The van der Waals surface area contributed by atoms with Crippen molar-refractivity contribution in [3.8, 4) is 0 Å². The van der Waals surface area contributed by atoms with E-state index in [1.807, 2.05) is 6.07 Å². The highest BCUT2D eigenvalue weighted by Crippen LogP contribution is 2.21. The van der Waals surface area contributed by atoms with E-state index in [0.29, 0.717) is 11.9 Å². The van der Waals surface area contributed by atoms with E-state index in [1.54, 1.807) is 12.3 Å². The van der Waals surface area contributed by atoms with Crippen molar-refractivity contribution in [3.63, 3.8) is 0 Å². The van der Waals surface area contributed by atoms with Crippen LogP contribution >= 0.6 is 0 Å². The number of nitrogens with zero attached hydrogens (tertiary/aromatic N) is 2. The number of pyridine rings is 1. The van der Waals surface area contributed by atoms with Crippen molar-refractivity contribution < 1.29 is 8.42 Å². The van der Waals surface area contributed by atoms with Crippen LogP contribution in [0.2, 0.25) is 0 Å². The van der Waals surface area contributed by atoms with Crippen molar-refractivity contribution in [2.75, 3.05) is 24.1 Å². The Kier molecular flexibility index (Phi) is 5.41. The average molecular weight is 312 g/mol. The maximum Gasteiger partial charge on any atom is 0.302 e. The first kappa shape index (κ1) is 16.0. The average Bonchev–Trinajstić information content (AvgIpc) is 2.69. The van der Waals surface area contributed by atoms with Crippen LogP contribution in [-0.2, 0) is 10.2 Å². The monoisotopic (exact) mass is 312 g/mol. The van der Waals surface area contributed by atoms with Gasteiger partial charge in [-0.3, -0.25) is 4.72 Å². The van der Waals surface area contributed by atoms with E-state index in [4.69, 9.17) is 0 Å². The van der Waals surface area contributed by atoms with Crippen LogP contribution in [0.15, 0.2) is 18.3 Å². The van der Waals surface area contributed by atoms with Gasteiger partial charge in [0.1, 0.15) is 5.82 Å². The SMILES string of the molecule is CN(C)S(=O)(=O)Nc1ccc(NC2CCCCCC2)cn1. The molecule has 0 atom stereocenters. The number of aromatic nitrogens is 1. The lowest BCUT2D eigenvalue weighted by atomic mass is 10.1. The molecule has 1 aromatic rings. The highest BCUT2D eigenvalue weighted by atomic mass is 32.2. The molecule has 1 aromatic heterocycles. The minimum absolute atomic E-state index is 0.329. The van der Waals surface area contributed by atoms with Gasteiger partial charge in [-0.15, -0.1) is 0 Å². The summed E-state index contributed by atoms with van der Waals surface area (Å²) in [5.41, 5.74) is 0.940. The third-order valence-corrected chi connectivity index (χ3v) is 5.13. The third kappa shape index (κ3) is 4.86. The Morgan fingerprint density at radius 1 is 1.14 bits per heavy atom. The van der Waals surface area contributed by atoms with Crippen molar-refractivity contribution in [1.82, 2.24) is 9.29 Å². The van der Waals surface area contributed by atoms with Crippen molar-refractivity contribution in [1.29, 1.82) is 0 Å². The zero-order valence-corrected chi connectivity index (χ0v) is 13.5. The molecule has 1 aliphatic rings. The molecule has 0 spiro atoms. The van der Waals surface area contributed by atoms with E-state index in [1.165, 1.54) is 52.6 Å². The van der Waals surface area contributed by atoms with Gasteiger partial charge in [0.25, 0.3) is 0 Å². The number of rotatable bonds is 5. The summed E-state index contributed by atoms with van der Waals surface area (Å²) < 4.78 is 26.9. The predicted octanol–water partition coefficient (Wildman–Crippen LogP) is 2.43. The van der Waals surface area contributed by atoms with E-state index in [9.17, 15) is 8.42 Å². The lowest BCUT2D eigenvalue weighted by Gasteiger charge is -2.18. The van der Waals surface area contributed by atoms with Crippen molar-refractivity contribution >= 4 is 21.7 Å². The first-order valence-electron chi connectivity index (χ1n) is 7.40. The minimum atomic E-state index is -3.50. The van der Waals surface area contributed by atoms with Gasteiger partial charge in [-0.25, -0.2) is 4.98 Å². The summed E-state index contributed by atoms with van der Waals surface area (Å²) in [5.74, 6) is 0.329. The van der Waals surface area contributed by atoms with Gasteiger partial charge >= 0.3 is 10.2 Å². The number of hydrogen-bond acceptors (Lipinski definition) is 4. The number of hydrogen-bond donors (Lipinski definition) is 2. The lowest BCUT2D eigenvalue weighted by Crippen LogP contribution is -2.29. The van der Waals surface area contributed by atoms with Gasteiger partial charge in [-0.1, -0.05) is 25.7 Å². The molecule has 6 nitrogen and oxygen atoms in total. The predicted molar refractivity (Wildman–Crippen MR) is 85.6 cm³/mol. The van der Waals surface area contributed by atoms with Crippen LogP contribution in [-0.4, -0.2) is 37.8 Å². The molecule has 1 saturated carbocycles.